The van der Waals surface area contributed by atoms with Gasteiger partial charge in [0.25, 0.3) is 0 Å². The molecule has 84 valence electrons. The summed E-state index contributed by atoms with van der Waals surface area (Å²) in [5, 5.41) is 2.85. The molecule has 1 rings (SSSR count). The largest absolute Gasteiger partial charge is 0.322 e. The van der Waals surface area contributed by atoms with Gasteiger partial charge in [-0.15, -0.1) is 6.42 Å². The van der Waals surface area contributed by atoms with E-state index in [1.807, 2.05) is 32.0 Å². The van der Waals surface area contributed by atoms with Gasteiger partial charge in [-0.25, -0.2) is 4.79 Å². The molecule has 1 aromatic carbocycles. The van der Waals surface area contributed by atoms with Crippen LogP contribution in [-0.4, -0.2) is 24.5 Å². The van der Waals surface area contributed by atoms with Crippen LogP contribution in [0.4, 0.5) is 10.5 Å². The summed E-state index contributed by atoms with van der Waals surface area (Å²) in [7, 11) is 1.67. The number of terminal acetylenes is 1. The smallest absolute Gasteiger partial charge is 0.316 e. The predicted molar refractivity (Wildman–Crippen MR) is 66.4 cm³/mol. The maximum absolute atomic E-state index is 11.7. The molecule has 1 N–H and O–H groups in total. The zero-order valence-corrected chi connectivity index (χ0v) is 9.87. The average Bonchev–Trinajstić information content (AvgIpc) is 2.23. The van der Waals surface area contributed by atoms with E-state index in [1.165, 1.54) is 4.90 Å². The lowest BCUT2D eigenvalue weighted by molar-refractivity contribution is 0.227. The molecule has 0 spiro atoms. The Balaban J connectivity index is 2.82. The number of rotatable bonds is 2. The minimum Gasteiger partial charge on any atom is -0.316 e. The number of aryl methyl sites for hydroxylation is 2. The van der Waals surface area contributed by atoms with Crippen molar-refractivity contribution in [1.29, 1.82) is 0 Å². The highest BCUT2D eigenvalue weighted by Crippen LogP contribution is 2.19. The molecule has 0 heterocycles. The van der Waals surface area contributed by atoms with Gasteiger partial charge < -0.3 is 10.2 Å². The minimum atomic E-state index is -0.185. The molecule has 0 radical (unpaired) electrons. The second kappa shape index (κ2) is 5.22. The summed E-state index contributed by atoms with van der Waals surface area (Å²) < 4.78 is 0. The second-order valence-electron chi connectivity index (χ2n) is 3.76. The van der Waals surface area contributed by atoms with Crippen molar-refractivity contribution in [1.82, 2.24) is 4.90 Å². The van der Waals surface area contributed by atoms with Crippen LogP contribution in [0, 0.1) is 26.2 Å². The van der Waals surface area contributed by atoms with Crippen LogP contribution in [0.2, 0.25) is 0 Å². The van der Waals surface area contributed by atoms with Crippen molar-refractivity contribution >= 4 is 11.7 Å². The summed E-state index contributed by atoms with van der Waals surface area (Å²) in [6.07, 6.45) is 5.15. The lowest BCUT2D eigenvalue weighted by Crippen LogP contribution is -2.32. The topological polar surface area (TPSA) is 32.3 Å². The molecule has 0 aliphatic heterocycles. The van der Waals surface area contributed by atoms with E-state index in [0.29, 0.717) is 6.54 Å². The van der Waals surface area contributed by atoms with Gasteiger partial charge in [-0.05, 0) is 25.0 Å². The van der Waals surface area contributed by atoms with E-state index in [4.69, 9.17) is 6.42 Å². The van der Waals surface area contributed by atoms with Crippen molar-refractivity contribution in [2.24, 2.45) is 0 Å². The number of hydrogen-bond donors (Lipinski definition) is 1. The highest BCUT2D eigenvalue weighted by molar-refractivity contribution is 5.91. The Kier molecular flexibility index (Phi) is 3.96. The molecule has 0 unspecified atom stereocenters. The SMILES string of the molecule is C#CCN(C)C(=O)Nc1c(C)cccc1C. The van der Waals surface area contributed by atoms with Gasteiger partial charge in [0.05, 0.1) is 6.54 Å². The zero-order chi connectivity index (χ0) is 12.1. The Morgan fingerprint density at radius 3 is 2.50 bits per heavy atom. The molecule has 0 aliphatic rings. The summed E-state index contributed by atoms with van der Waals surface area (Å²) in [6, 6.07) is 5.70. The standard InChI is InChI=1S/C13H16N2O/c1-5-9-15(4)13(16)14-12-10(2)7-6-8-11(12)3/h1,6-8H,9H2,2-4H3,(H,14,16). The van der Waals surface area contributed by atoms with Crippen LogP contribution >= 0.6 is 0 Å². The van der Waals surface area contributed by atoms with E-state index in [0.717, 1.165) is 16.8 Å². The van der Waals surface area contributed by atoms with Crippen LogP contribution in [0.1, 0.15) is 11.1 Å². The molecule has 16 heavy (non-hydrogen) atoms. The van der Waals surface area contributed by atoms with Gasteiger partial charge in [-0.3, -0.25) is 0 Å². The molecule has 0 atom stereocenters. The van der Waals surface area contributed by atoms with Gasteiger partial charge in [0.1, 0.15) is 0 Å². The lowest BCUT2D eigenvalue weighted by Gasteiger charge is -2.17. The van der Waals surface area contributed by atoms with E-state index >= 15 is 0 Å². The molecule has 1 aromatic rings. The van der Waals surface area contributed by atoms with Gasteiger partial charge in [-0.1, -0.05) is 24.1 Å². The Morgan fingerprint density at radius 1 is 1.44 bits per heavy atom. The van der Waals surface area contributed by atoms with Gasteiger partial charge in [0, 0.05) is 12.7 Å². The number of carbonyl (C=O) groups is 1. The van der Waals surface area contributed by atoms with Crippen LogP contribution in [-0.2, 0) is 0 Å². The zero-order valence-electron chi connectivity index (χ0n) is 9.87. The Labute approximate surface area is 96.5 Å². The fraction of sp³-hybridized carbons (Fsp3) is 0.308. The molecule has 0 bridgehead atoms. The van der Waals surface area contributed by atoms with Crippen LogP contribution in [0.25, 0.3) is 0 Å². The maximum atomic E-state index is 11.7. The number of anilines is 1. The second-order valence-corrected chi connectivity index (χ2v) is 3.76. The fourth-order valence-corrected chi connectivity index (χ4v) is 1.42. The van der Waals surface area contributed by atoms with E-state index in [9.17, 15) is 4.79 Å². The molecular formula is C13H16N2O. The van der Waals surface area contributed by atoms with Crippen molar-refractivity contribution in [3.05, 3.63) is 29.3 Å². The first-order chi connectivity index (χ1) is 7.56. The van der Waals surface area contributed by atoms with Gasteiger partial charge in [0.2, 0.25) is 0 Å². The summed E-state index contributed by atoms with van der Waals surface area (Å²) in [6.45, 7) is 4.23. The Morgan fingerprint density at radius 2 is 2.00 bits per heavy atom. The number of nitrogens with one attached hydrogen (secondary N) is 1. The first kappa shape index (κ1) is 12.1. The van der Waals surface area contributed by atoms with Crippen molar-refractivity contribution in [2.75, 3.05) is 18.9 Å². The number of urea groups is 1. The third kappa shape index (κ3) is 2.77. The molecule has 0 aromatic heterocycles. The lowest BCUT2D eigenvalue weighted by atomic mass is 10.1. The molecule has 0 saturated heterocycles. The molecule has 0 aliphatic carbocycles. The predicted octanol–water partition coefficient (Wildman–Crippen LogP) is 2.40. The van der Waals surface area contributed by atoms with E-state index < -0.39 is 0 Å². The van der Waals surface area contributed by atoms with Crippen molar-refractivity contribution in [3.8, 4) is 12.3 Å². The Hall–Kier alpha value is -1.95. The van der Waals surface area contributed by atoms with Gasteiger partial charge in [-0.2, -0.15) is 0 Å². The highest BCUT2D eigenvalue weighted by atomic mass is 16.2. The Bertz CT molecular complexity index is 412. The number of amides is 2. The minimum absolute atomic E-state index is 0.185. The van der Waals surface area contributed by atoms with Gasteiger partial charge in [0.15, 0.2) is 0 Å². The summed E-state index contributed by atoms with van der Waals surface area (Å²) in [4.78, 5) is 13.2. The summed E-state index contributed by atoms with van der Waals surface area (Å²) in [5.41, 5.74) is 2.95. The number of carbonyl (C=O) groups excluding carboxylic acids is 1. The molecule has 3 nitrogen and oxygen atoms in total. The van der Waals surface area contributed by atoms with E-state index in [1.54, 1.807) is 7.05 Å². The van der Waals surface area contributed by atoms with Crippen LogP contribution < -0.4 is 5.32 Å². The van der Waals surface area contributed by atoms with Crippen LogP contribution in [0.15, 0.2) is 18.2 Å². The van der Waals surface area contributed by atoms with Gasteiger partial charge >= 0.3 is 6.03 Å². The van der Waals surface area contributed by atoms with Crippen molar-refractivity contribution in [2.45, 2.75) is 13.8 Å². The summed E-state index contributed by atoms with van der Waals surface area (Å²) >= 11 is 0. The third-order valence-corrected chi connectivity index (χ3v) is 2.39. The number of hydrogen-bond acceptors (Lipinski definition) is 1. The molecule has 2 amide bonds. The average molecular weight is 216 g/mol. The first-order valence-corrected chi connectivity index (χ1v) is 5.08. The quantitative estimate of drug-likeness (QED) is 0.756. The van der Waals surface area contributed by atoms with Crippen molar-refractivity contribution in [3.63, 3.8) is 0 Å². The number of benzene rings is 1. The highest BCUT2D eigenvalue weighted by Gasteiger charge is 2.10. The summed E-state index contributed by atoms with van der Waals surface area (Å²) in [5.74, 6) is 2.43. The maximum Gasteiger partial charge on any atom is 0.322 e. The monoisotopic (exact) mass is 216 g/mol. The van der Waals surface area contributed by atoms with Crippen molar-refractivity contribution < 1.29 is 4.79 Å². The van der Waals surface area contributed by atoms with Crippen LogP contribution in [0.5, 0.6) is 0 Å². The third-order valence-electron chi connectivity index (χ3n) is 2.39. The van der Waals surface area contributed by atoms with E-state index in [2.05, 4.69) is 11.2 Å². The van der Waals surface area contributed by atoms with Crippen LogP contribution in [0.3, 0.4) is 0 Å². The molecular weight excluding hydrogens is 200 g/mol. The van der Waals surface area contributed by atoms with E-state index in [-0.39, 0.29) is 6.03 Å². The first-order valence-electron chi connectivity index (χ1n) is 5.08. The molecule has 3 heteroatoms. The number of nitrogens with zero attached hydrogens (tertiary/aromatic N) is 1. The normalized spacial score (nSPS) is 9.38. The molecule has 0 saturated carbocycles. The number of para-hydroxylation sites is 1. The molecule has 0 fully saturated rings. The fourth-order valence-electron chi connectivity index (χ4n) is 1.42.